The Morgan fingerprint density at radius 3 is 2.67 bits per heavy atom. The summed E-state index contributed by atoms with van der Waals surface area (Å²) in [7, 11) is 0. The molecule has 0 aliphatic heterocycles. The summed E-state index contributed by atoms with van der Waals surface area (Å²) in [5, 5.41) is 2.82. The number of carbonyl (C=O) groups is 1. The van der Waals surface area contributed by atoms with Gasteiger partial charge in [0.05, 0.1) is 6.61 Å². The van der Waals surface area contributed by atoms with Crippen LogP contribution >= 0.6 is 0 Å². The second kappa shape index (κ2) is 7.67. The maximum atomic E-state index is 13.2. The molecule has 1 heterocycles. The molecule has 2 aromatic rings. The second-order valence-corrected chi connectivity index (χ2v) is 4.73. The first-order valence-electron chi connectivity index (χ1n) is 7.07. The zero-order chi connectivity index (χ0) is 17.7. The monoisotopic (exact) mass is 340 g/mol. The fraction of sp³-hybridized carbons (Fsp3) is 0.250. The van der Waals surface area contributed by atoms with Gasteiger partial charge >= 0.3 is 12.6 Å². The Balaban J connectivity index is 2.40. The first-order valence-corrected chi connectivity index (χ1v) is 7.07. The van der Waals surface area contributed by atoms with Crippen LogP contribution in [0, 0.1) is 12.7 Å². The average Bonchev–Trinajstić information content (AvgIpc) is 2.50. The van der Waals surface area contributed by atoms with E-state index in [9.17, 15) is 18.0 Å². The SMILES string of the molecule is CCOC(=O)c1ccc(OC(F)F)nc1Nc1ccc(F)cc1C. The molecule has 0 spiro atoms. The fourth-order valence-electron chi connectivity index (χ4n) is 1.96. The van der Waals surface area contributed by atoms with Gasteiger partial charge < -0.3 is 14.8 Å². The number of halogens is 3. The predicted molar refractivity (Wildman–Crippen MR) is 81.2 cm³/mol. The minimum absolute atomic E-state index is 0.0266. The molecule has 0 saturated carbocycles. The van der Waals surface area contributed by atoms with Crippen LogP contribution in [0.5, 0.6) is 5.88 Å². The third-order valence-electron chi connectivity index (χ3n) is 3.02. The molecule has 0 bridgehead atoms. The summed E-state index contributed by atoms with van der Waals surface area (Å²) >= 11 is 0. The molecule has 0 unspecified atom stereocenters. The van der Waals surface area contributed by atoms with E-state index in [1.54, 1.807) is 13.8 Å². The lowest BCUT2D eigenvalue weighted by molar-refractivity contribution is -0.0527. The van der Waals surface area contributed by atoms with E-state index < -0.39 is 18.4 Å². The van der Waals surface area contributed by atoms with E-state index in [-0.39, 0.29) is 23.9 Å². The number of carbonyl (C=O) groups excluding carboxylic acids is 1. The lowest BCUT2D eigenvalue weighted by atomic mass is 10.2. The first kappa shape index (κ1) is 17.6. The van der Waals surface area contributed by atoms with Crippen molar-refractivity contribution >= 4 is 17.5 Å². The lowest BCUT2D eigenvalue weighted by Crippen LogP contribution is -2.11. The molecule has 128 valence electrons. The molecule has 0 saturated heterocycles. The van der Waals surface area contributed by atoms with Gasteiger partial charge in [-0.05, 0) is 43.7 Å². The molecule has 0 radical (unpaired) electrons. The van der Waals surface area contributed by atoms with Gasteiger partial charge in [0, 0.05) is 11.8 Å². The summed E-state index contributed by atoms with van der Waals surface area (Å²) in [6.45, 7) is 0.376. The van der Waals surface area contributed by atoms with Gasteiger partial charge in [0.15, 0.2) is 0 Å². The van der Waals surface area contributed by atoms with Gasteiger partial charge in [-0.25, -0.2) is 9.18 Å². The molecule has 1 aromatic carbocycles. The Bertz CT molecular complexity index is 739. The van der Waals surface area contributed by atoms with Gasteiger partial charge in [-0.1, -0.05) is 0 Å². The number of pyridine rings is 1. The second-order valence-electron chi connectivity index (χ2n) is 4.73. The first-order chi connectivity index (χ1) is 11.4. The number of aryl methyl sites for hydroxylation is 1. The highest BCUT2D eigenvalue weighted by atomic mass is 19.3. The van der Waals surface area contributed by atoms with Crippen LogP contribution in [0.25, 0.3) is 0 Å². The molecule has 8 heteroatoms. The van der Waals surface area contributed by atoms with Gasteiger partial charge in [0.1, 0.15) is 17.2 Å². The molecule has 0 amide bonds. The molecule has 5 nitrogen and oxygen atoms in total. The van der Waals surface area contributed by atoms with E-state index in [1.165, 1.54) is 24.3 Å². The van der Waals surface area contributed by atoms with Crippen molar-refractivity contribution in [3.05, 3.63) is 47.3 Å². The van der Waals surface area contributed by atoms with Crippen molar-refractivity contribution in [2.75, 3.05) is 11.9 Å². The molecule has 24 heavy (non-hydrogen) atoms. The molecule has 0 aliphatic rings. The van der Waals surface area contributed by atoms with Gasteiger partial charge in [-0.3, -0.25) is 0 Å². The van der Waals surface area contributed by atoms with E-state index in [1.807, 2.05) is 0 Å². The van der Waals surface area contributed by atoms with Crippen LogP contribution in [0.3, 0.4) is 0 Å². The van der Waals surface area contributed by atoms with Crippen LogP contribution in [0.1, 0.15) is 22.8 Å². The number of benzene rings is 1. The van der Waals surface area contributed by atoms with E-state index in [2.05, 4.69) is 15.0 Å². The van der Waals surface area contributed by atoms with Crippen molar-refractivity contribution in [3.63, 3.8) is 0 Å². The molecule has 1 N–H and O–H groups in total. The summed E-state index contributed by atoms with van der Waals surface area (Å²) in [6, 6.07) is 6.36. The number of aromatic nitrogens is 1. The third-order valence-corrected chi connectivity index (χ3v) is 3.02. The smallest absolute Gasteiger partial charge is 0.388 e. The summed E-state index contributed by atoms with van der Waals surface area (Å²) in [5.41, 5.74) is 1.05. The highest BCUT2D eigenvalue weighted by molar-refractivity contribution is 5.95. The van der Waals surface area contributed by atoms with Crippen molar-refractivity contribution in [1.29, 1.82) is 0 Å². The zero-order valence-corrected chi connectivity index (χ0v) is 13.0. The maximum absolute atomic E-state index is 13.2. The largest absolute Gasteiger partial charge is 0.462 e. The van der Waals surface area contributed by atoms with Crippen molar-refractivity contribution in [3.8, 4) is 5.88 Å². The number of esters is 1. The molecular weight excluding hydrogens is 325 g/mol. The summed E-state index contributed by atoms with van der Waals surface area (Å²) < 4.78 is 47.0. The summed E-state index contributed by atoms with van der Waals surface area (Å²) in [5.74, 6) is -1.48. The highest BCUT2D eigenvalue weighted by Crippen LogP contribution is 2.26. The Hall–Kier alpha value is -2.77. The lowest BCUT2D eigenvalue weighted by Gasteiger charge is -2.14. The van der Waals surface area contributed by atoms with Crippen LogP contribution in [0.15, 0.2) is 30.3 Å². The third kappa shape index (κ3) is 4.37. The summed E-state index contributed by atoms with van der Waals surface area (Å²) in [6.07, 6.45) is 0. The molecule has 0 aliphatic carbocycles. The molecule has 0 fully saturated rings. The fourth-order valence-corrected chi connectivity index (χ4v) is 1.96. The maximum Gasteiger partial charge on any atom is 0.388 e. The number of nitrogens with zero attached hydrogens (tertiary/aromatic N) is 1. The summed E-state index contributed by atoms with van der Waals surface area (Å²) in [4.78, 5) is 15.8. The Morgan fingerprint density at radius 1 is 1.29 bits per heavy atom. The molecule has 2 rings (SSSR count). The minimum atomic E-state index is -3.05. The Kier molecular flexibility index (Phi) is 5.62. The molecular formula is C16H15F3N2O3. The van der Waals surface area contributed by atoms with Crippen molar-refractivity contribution in [1.82, 2.24) is 4.98 Å². The van der Waals surface area contributed by atoms with Crippen molar-refractivity contribution < 1.29 is 27.4 Å². The minimum Gasteiger partial charge on any atom is -0.462 e. The van der Waals surface area contributed by atoms with E-state index in [4.69, 9.17) is 4.74 Å². The zero-order valence-electron chi connectivity index (χ0n) is 13.0. The van der Waals surface area contributed by atoms with Crippen LogP contribution in [0.2, 0.25) is 0 Å². The average molecular weight is 340 g/mol. The molecule has 1 aromatic heterocycles. The number of ether oxygens (including phenoxy) is 2. The van der Waals surface area contributed by atoms with Gasteiger partial charge in [0.25, 0.3) is 0 Å². The number of hydrogen-bond acceptors (Lipinski definition) is 5. The number of alkyl halides is 2. The topological polar surface area (TPSA) is 60.5 Å². The van der Waals surface area contributed by atoms with Gasteiger partial charge in [-0.2, -0.15) is 13.8 Å². The Morgan fingerprint density at radius 2 is 2.04 bits per heavy atom. The van der Waals surface area contributed by atoms with E-state index in [0.717, 1.165) is 6.07 Å². The van der Waals surface area contributed by atoms with Crippen LogP contribution < -0.4 is 10.1 Å². The standard InChI is InChI=1S/C16H15F3N2O3/c1-3-23-15(22)11-5-7-13(24-16(18)19)21-14(11)20-12-6-4-10(17)8-9(12)2/h4-8,16H,3H2,1-2H3,(H,20,21). The van der Waals surface area contributed by atoms with Crippen LogP contribution in [-0.2, 0) is 4.74 Å². The van der Waals surface area contributed by atoms with E-state index >= 15 is 0 Å². The van der Waals surface area contributed by atoms with Crippen molar-refractivity contribution in [2.45, 2.75) is 20.5 Å². The van der Waals surface area contributed by atoms with Crippen molar-refractivity contribution in [2.24, 2.45) is 0 Å². The number of anilines is 2. The normalized spacial score (nSPS) is 10.6. The predicted octanol–water partition coefficient (Wildman–Crippen LogP) is 4.05. The quantitative estimate of drug-likeness (QED) is 0.804. The van der Waals surface area contributed by atoms with E-state index in [0.29, 0.717) is 11.3 Å². The van der Waals surface area contributed by atoms with Crippen LogP contribution in [0.4, 0.5) is 24.7 Å². The number of rotatable bonds is 6. The van der Waals surface area contributed by atoms with Gasteiger partial charge in [-0.15, -0.1) is 0 Å². The highest BCUT2D eigenvalue weighted by Gasteiger charge is 2.17. The molecule has 0 atom stereocenters. The Labute approximate surface area is 136 Å². The van der Waals surface area contributed by atoms with Crippen LogP contribution in [-0.4, -0.2) is 24.2 Å². The number of nitrogens with one attached hydrogen (secondary N) is 1. The van der Waals surface area contributed by atoms with Gasteiger partial charge in [0.2, 0.25) is 5.88 Å². The number of hydrogen-bond donors (Lipinski definition) is 1.